The molecule has 7 nitrogen and oxygen atoms in total. The minimum atomic E-state index is -1.15. The van der Waals surface area contributed by atoms with Gasteiger partial charge in [0.15, 0.2) is 0 Å². The summed E-state index contributed by atoms with van der Waals surface area (Å²) in [4.78, 5) is 34.0. The van der Waals surface area contributed by atoms with Crippen LogP contribution in [0.2, 0.25) is 0 Å². The predicted octanol–water partition coefficient (Wildman–Crippen LogP) is 1.46. The highest BCUT2D eigenvalue weighted by Gasteiger charge is 2.18. The fraction of sp³-hybridized carbons (Fsp3) is 0.308. The molecular formula is C13H16N2O5. The Morgan fingerprint density at radius 1 is 1.30 bits per heavy atom. The molecule has 0 bridgehead atoms. The molecule has 1 atom stereocenters. The highest BCUT2D eigenvalue weighted by Crippen LogP contribution is 2.14. The number of para-hydroxylation sites is 1. The molecule has 0 aromatic heterocycles. The minimum Gasteiger partial charge on any atom is -0.478 e. The van der Waals surface area contributed by atoms with Crippen molar-refractivity contribution in [2.75, 3.05) is 11.9 Å². The zero-order valence-corrected chi connectivity index (χ0v) is 11.2. The fourth-order valence-corrected chi connectivity index (χ4v) is 1.46. The van der Waals surface area contributed by atoms with E-state index in [-0.39, 0.29) is 17.9 Å². The van der Waals surface area contributed by atoms with Gasteiger partial charge in [-0.1, -0.05) is 12.1 Å². The molecule has 0 saturated heterocycles. The molecule has 0 aliphatic heterocycles. The Balaban J connectivity index is 2.68. The number of carbonyl (C=O) groups is 3. The summed E-state index contributed by atoms with van der Waals surface area (Å²) in [6.07, 6.45) is 0. The zero-order valence-electron chi connectivity index (χ0n) is 11.2. The number of esters is 1. The average molecular weight is 280 g/mol. The summed E-state index contributed by atoms with van der Waals surface area (Å²) < 4.78 is 4.74. The van der Waals surface area contributed by atoms with Gasteiger partial charge in [0.25, 0.3) is 0 Å². The lowest BCUT2D eigenvalue weighted by molar-refractivity contribution is -0.144. The average Bonchev–Trinajstić information content (AvgIpc) is 2.39. The Hall–Kier alpha value is -2.57. The summed E-state index contributed by atoms with van der Waals surface area (Å²) >= 11 is 0. The van der Waals surface area contributed by atoms with E-state index in [9.17, 15) is 14.4 Å². The van der Waals surface area contributed by atoms with Crippen molar-refractivity contribution < 1.29 is 24.2 Å². The van der Waals surface area contributed by atoms with E-state index in [1.54, 1.807) is 19.1 Å². The maximum Gasteiger partial charge on any atom is 0.337 e. The van der Waals surface area contributed by atoms with Crippen molar-refractivity contribution in [1.29, 1.82) is 0 Å². The third kappa shape index (κ3) is 4.27. The van der Waals surface area contributed by atoms with Crippen LogP contribution in [0.1, 0.15) is 24.2 Å². The van der Waals surface area contributed by atoms with Crippen LogP contribution < -0.4 is 10.6 Å². The molecule has 1 aromatic rings. The third-order valence-electron chi connectivity index (χ3n) is 2.39. The standard InChI is InChI=1S/C13H16N2O5/c1-3-20-12(18)8(2)14-13(19)15-10-7-5-4-6-9(10)11(16)17/h4-8H,3H2,1-2H3,(H,16,17)(H2,14,15,19). The zero-order chi connectivity index (χ0) is 15.1. The molecule has 0 spiro atoms. The van der Waals surface area contributed by atoms with Crippen molar-refractivity contribution in [2.24, 2.45) is 0 Å². The number of carboxylic acids is 1. The quantitative estimate of drug-likeness (QED) is 0.708. The number of ether oxygens (including phenoxy) is 1. The van der Waals surface area contributed by atoms with E-state index in [4.69, 9.17) is 9.84 Å². The first-order valence-corrected chi connectivity index (χ1v) is 6.02. The second kappa shape index (κ2) is 7.13. The summed E-state index contributed by atoms with van der Waals surface area (Å²) in [6, 6.07) is 4.46. The number of hydrogen-bond donors (Lipinski definition) is 3. The molecular weight excluding hydrogens is 264 g/mol. The highest BCUT2D eigenvalue weighted by molar-refractivity contribution is 6.00. The van der Waals surface area contributed by atoms with Crippen molar-refractivity contribution >= 4 is 23.7 Å². The lowest BCUT2D eigenvalue weighted by Crippen LogP contribution is -2.42. The molecule has 2 amide bonds. The summed E-state index contributed by atoms with van der Waals surface area (Å²) in [5, 5.41) is 13.7. The molecule has 1 rings (SSSR count). The molecule has 20 heavy (non-hydrogen) atoms. The van der Waals surface area contributed by atoms with Crippen molar-refractivity contribution in [1.82, 2.24) is 5.32 Å². The summed E-state index contributed by atoms with van der Waals surface area (Å²) in [5.41, 5.74) is 0.111. The largest absolute Gasteiger partial charge is 0.478 e. The number of aromatic carboxylic acids is 1. The Morgan fingerprint density at radius 2 is 1.95 bits per heavy atom. The van der Waals surface area contributed by atoms with E-state index in [2.05, 4.69) is 10.6 Å². The predicted molar refractivity (Wildman–Crippen MR) is 71.7 cm³/mol. The van der Waals surface area contributed by atoms with Gasteiger partial charge in [0.2, 0.25) is 0 Å². The normalized spacial score (nSPS) is 11.3. The maximum absolute atomic E-state index is 11.7. The number of rotatable bonds is 5. The number of anilines is 1. The highest BCUT2D eigenvalue weighted by atomic mass is 16.5. The van der Waals surface area contributed by atoms with Crippen LogP contribution in [-0.2, 0) is 9.53 Å². The lowest BCUT2D eigenvalue weighted by Gasteiger charge is -2.14. The number of benzene rings is 1. The van der Waals surface area contributed by atoms with Crippen molar-refractivity contribution in [2.45, 2.75) is 19.9 Å². The van der Waals surface area contributed by atoms with Gasteiger partial charge in [-0.15, -0.1) is 0 Å². The van der Waals surface area contributed by atoms with Crippen LogP contribution in [0.3, 0.4) is 0 Å². The fourth-order valence-electron chi connectivity index (χ4n) is 1.46. The molecule has 0 saturated carbocycles. The van der Waals surface area contributed by atoms with E-state index < -0.39 is 24.0 Å². The van der Waals surface area contributed by atoms with Crippen LogP contribution in [0.5, 0.6) is 0 Å². The smallest absolute Gasteiger partial charge is 0.337 e. The number of urea groups is 1. The minimum absolute atomic E-state index is 0.0357. The van der Waals surface area contributed by atoms with E-state index in [1.165, 1.54) is 19.1 Å². The SMILES string of the molecule is CCOC(=O)C(C)NC(=O)Nc1ccccc1C(=O)O. The van der Waals surface area contributed by atoms with Gasteiger partial charge in [-0.2, -0.15) is 0 Å². The van der Waals surface area contributed by atoms with Gasteiger partial charge < -0.3 is 20.5 Å². The Labute approximate surface area is 115 Å². The number of nitrogens with one attached hydrogen (secondary N) is 2. The van der Waals surface area contributed by atoms with Crippen LogP contribution in [0.15, 0.2) is 24.3 Å². The second-order valence-electron chi connectivity index (χ2n) is 3.92. The van der Waals surface area contributed by atoms with Gasteiger partial charge in [-0.3, -0.25) is 0 Å². The first kappa shape index (κ1) is 15.5. The summed E-state index contributed by atoms with van der Waals surface area (Å²) in [7, 11) is 0. The lowest BCUT2D eigenvalue weighted by atomic mass is 10.2. The molecule has 108 valence electrons. The maximum atomic E-state index is 11.7. The van der Waals surface area contributed by atoms with E-state index in [0.29, 0.717) is 0 Å². The van der Waals surface area contributed by atoms with Crippen molar-refractivity contribution in [3.63, 3.8) is 0 Å². The van der Waals surface area contributed by atoms with Crippen LogP contribution >= 0.6 is 0 Å². The molecule has 0 fully saturated rings. The van der Waals surface area contributed by atoms with Crippen LogP contribution in [-0.4, -0.2) is 35.7 Å². The molecule has 1 aromatic carbocycles. The topological polar surface area (TPSA) is 105 Å². The molecule has 0 heterocycles. The van der Waals surface area contributed by atoms with Gasteiger partial charge in [0.05, 0.1) is 17.9 Å². The molecule has 0 radical (unpaired) electrons. The van der Waals surface area contributed by atoms with E-state index in [1.807, 2.05) is 0 Å². The Kier molecular flexibility index (Phi) is 5.52. The Bertz CT molecular complexity index is 515. The second-order valence-corrected chi connectivity index (χ2v) is 3.92. The number of hydrogen-bond acceptors (Lipinski definition) is 4. The number of carbonyl (C=O) groups excluding carboxylic acids is 2. The van der Waals surface area contributed by atoms with Gasteiger partial charge >= 0.3 is 18.0 Å². The van der Waals surface area contributed by atoms with Crippen molar-refractivity contribution in [3.8, 4) is 0 Å². The van der Waals surface area contributed by atoms with Crippen molar-refractivity contribution in [3.05, 3.63) is 29.8 Å². The number of carboxylic acid groups (broad SMARTS) is 1. The molecule has 1 unspecified atom stereocenters. The monoisotopic (exact) mass is 280 g/mol. The first-order valence-electron chi connectivity index (χ1n) is 6.02. The van der Waals surface area contributed by atoms with Gasteiger partial charge in [0, 0.05) is 0 Å². The first-order chi connectivity index (χ1) is 9.45. The van der Waals surface area contributed by atoms with Crippen LogP contribution in [0.4, 0.5) is 10.5 Å². The third-order valence-corrected chi connectivity index (χ3v) is 2.39. The van der Waals surface area contributed by atoms with Gasteiger partial charge in [-0.25, -0.2) is 14.4 Å². The van der Waals surface area contributed by atoms with Crippen LogP contribution in [0, 0.1) is 0 Å². The number of amides is 2. The Morgan fingerprint density at radius 3 is 2.55 bits per heavy atom. The van der Waals surface area contributed by atoms with Crippen LogP contribution in [0.25, 0.3) is 0 Å². The molecule has 0 aliphatic carbocycles. The summed E-state index contributed by atoms with van der Waals surface area (Å²) in [5.74, 6) is -1.71. The molecule has 0 aliphatic rings. The van der Waals surface area contributed by atoms with Gasteiger partial charge in [-0.05, 0) is 26.0 Å². The van der Waals surface area contributed by atoms with E-state index >= 15 is 0 Å². The van der Waals surface area contributed by atoms with E-state index in [0.717, 1.165) is 0 Å². The molecule has 7 heteroatoms. The summed E-state index contributed by atoms with van der Waals surface area (Å²) in [6.45, 7) is 3.35. The van der Waals surface area contributed by atoms with Gasteiger partial charge in [0.1, 0.15) is 6.04 Å². The molecule has 3 N–H and O–H groups in total.